The summed E-state index contributed by atoms with van der Waals surface area (Å²) in [7, 11) is 0. The number of hydrogen-bond acceptors (Lipinski definition) is 4. The fraction of sp³-hybridized carbons (Fsp3) is 0.632. The molecule has 1 aromatic heterocycles. The number of nitrogens with one attached hydrogen (secondary N) is 1. The first-order valence-electron chi connectivity index (χ1n) is 9.48. The van der Waals surface area contributed by atoms with Gasteiger partial charge >= 0.3 is 6.03 Å². The monoisotopic (exact) mass is 359 g/mol. The Kier molecular flexibility index (Phi) is 4.25. The number of amides is 4. The predicted octanol–water partition coefficient (Wildman–Crippen LogP) is 2.23. The van der Waals surface area contributed by atoms with Crippen molar-refractivity contribution in [2.24, 2.45) is 5.92 Å². The molecule has 7 heteroatoms. The van der Waals surface area contributed by atoms with Crippen LogP contribution in [0, 0.1) is 5.92 Å². The van der Waals surface area contributed by atoms with Gasteiger partial charge in [0.25, 0.3) is 5.91 Å². The maximum Gasteiger partial charge on any atom is 0.325 e. The van der Waals surface area contributed by atoms with Crippen molar-refractivity contribution in [3.05, 3.63) is 24.2 Å². The van der Waals surface area contributed by atoms with Crippen LogP contribution in [-0.4, -0.2) is 46.8 Å². The van der Waals surface area contributed by atoms with Crippen LogP contribution in [0.2, 0.25) is 0 Å². The maximum absolute atomic E-state index is 12.9. The molecular weight excluding hydrogens is 334 g/mol. The molecular formula is C19H25N3O4. The Bertz CT molecular complexity index is 714. The minimum absolute atomic E-state index is 0.131. The van der Waals surface area contributed by atoms with Gasteiger partial charge in [-0.15, -0.1) is 0 Å². The van der Waals surface area contributed by atoms with Crippen LogP contribution < -0.4 is 5.32 Å². The van der Waals surface area contributed by atoms with Crippen LogP contribution in [0.15, 0.2) is 22.8 Å². The summed E-state index contributed by atoms with van der Waals surface area (Å²) in [6.45, 7) is 2.12. The third kappa shape index (κ3) is 2.70. The Morgan fingerprint density at radius 2 is 2.04 bits per heavy atom. The number of imide groups is 1. The second-order valence-corrected chi connectivity index (χ2v) is 7.76. The van der Waals surface area contributed by atoms with E-state index in [1.54, 1.807) is 19.1 Å². The van der Waals surface area contributed by atoms with Crippen LogP contribution in [0.3, 0.4) is 0 Å². The molecule has 0 aromatic carbocycles. The van der Waals surface area contributed by atoms with Gasteiger partial charge in [-0.25, -0.2) is 4.79 Å². The van der Waals surface area contributed by atoms with Crippen molar-refractivity contribution in [3.8, 4) is 0 Å². The molecule has 2 saturated heterocycles. The van der Waals surface area contributed by atoms with E-state index in [4.69, 9.17) is 4.42 Å². The van der Waals surface area contributed by atoms with E-state index in [0.717, 1.165) is 30.7 Å². The van der Waals surface area contributed by atoms with E-state index in [1.165, 1.54) is 25.5 Å². The molecule has 7 nitrogen and oxygen atoms in total. The lowest BCUT2D eigenvalue weighted by Crippen LogP contribution is -2.53. The molecule has 1 N–H and O–H groups in total. The zero-order valence-electron chi connectivity index (χ0n) is 15.1. The normalized spacial score (nSPS) is 31.7. The summed E-state index contributed by atoms with van der Waals surface area (Å²) in [5.41, 5.74) is -1.25. The van der Waals surface area contributed by atoms with Crippen molar-refractivity contribution in [2.75, 3.05) is 13.1 Å². The molecule has 0 bridgehead atoms. The number of rotatable bonds is 3. The van der Waals surface area contributed by atoms with Gasteiger partial charge in [0, 0.05) is 12.6 Å². The molecule has 26 heavy (non-hydrogen) atoms. The van der Waals surface area contributed by atoms with Gasteiger partial charge in [-0.05, 0) is 50.7 Å². The number of piperidine rings is 1. The van der Waals surface area contributed by atoms with Crippen molar-refractivity contribution in [1.82, 2.24) is 15.1 Å². The molecule has 3 aliphatic rings. The molecule has 140 valence electrons. The van der Waals surface area contributed by atoms with E-state index in [-0.39, 0.29) is 18.5 Å². The molecule has 3 fully saturated rings. The number of nitrogens with zero attached hydrogens (tertiary/aromatic N) is 2. The average Bonchev–Trinajstić information content (AvgIpc) is 3.26. The summed E-state index contributed by atoms with van der Waals surface area (Å²) < 4.78 is 5.32. The Labute approximate surface area is 152 Å². The maximum atomic E-state index is 12.9. The number of fused-ring (bicyclic) bond motifs is 1. The van der Waals surface area contributed by atoms with Gasteiger partial charge in [0.1, 0.15) is 12.3 Å². The summed E-state index contributed by atoms with van der Waals surface area (Å²) in [6, 6.07) is 3.05. The summed E-state index contributed by atoms with van der Waals surface area (Å²) in [5.74, 6) is 0.367. The first-order chi connectivity index (χ1) is 12.5. The van der Waals surface area contributed by atoms with Crippen molar-refractivity contribution in [2.45, 2.75) is 57.0 Å². The molecule has 4 rings (SSSR count). The van der Waals surface area contributed by atoms with Crippen molar-refractivity contribution < 1.29 is 18.8 Å². The third-order valence-electron chi connectivity index (χ3n) is 6.15. The smallest absolute Gasteiger partial charge is 0.325 e. The Hall–Kier alpha value is -2.31. The number of furan rings is 1. The average molecular weight is 359 g/mol. The number of urea groups is 1. The van der Waals surface area contributed by atoms with Crippen LogP contribution in [-0.2, 0) is 15.1 Å². The highest BCUT2D eigenvalue weighted by atomic mass is 16.3. The fourth-order valence-electron chi connectivity index (χ4n) is 4.73. The van der Waals surface area contributed by atoms with E-state index < -0.39 is 17.5 Å². The lowest BCUT2D eigenvalue weighted by molar-refractivity contribution is -0.143. The van der Waals surface area contributed by atoms with Crippen LogP contribution in [0.4, 0.5) is 4.79 Å². The standard InChI is InChI=1S/C19H25N3O4/c1-19(15-9-5-11-26-15)17(24)22(18(25)20-19)12-16(23)21-10-4-7-13-6-2-3-8-14(13)21/h5,9,11,13-14H,2-4,6-8,10,12H2,1H3,(H,20,25). The minimum atomic E-state index is -1.25. The van der Waals surface area contributed by atoms with Crippen LogP contribution in [0.5, 0.6) is 0 Å². The minimum Gasteiger partial charge on any atom is -0.466 e. The quantitative estimate of drug-likeness (QED) is 0.839. The first kappa shape index (κ1) is 17.1. The molecule has 4 amide bonds. The molecule has 0 radical (unpaired) electrons. The highest BCUT2D eigenvalue weighted by Crippen LogP contribution is 2.35. The first-order valence-corrected chi connectivity index (χ1v) is 9.48. The topological polar surface area (TPSA) is 82.9 Å². The van der Waals surface area contributed by atoms with E-state index >= 15 is 0 Å². The summed E-state index contributed by atoms with van der Waals surface area (Å²) >= 11 is 0. The number of carbonyl (C=O) groups is 3. The van der Waals surface area contributed by atoms with E-state index in [9.17, 15) is 14.4 Å². The number of likely N-dealkylation sites (tertiary alicyclic amines) is 1. The Balaban J connectivity index is 1.49. The summed E-state index contributed by atoms with van der Waals surface area (Å²) in [4.78, 5) is 41.1. The van der Waals surface area contributed by atoms with Gasteiger partial charge in [-0.3, -0.25) is 14.5 Å². The fourth-order valence-corrected chi connectivity index (χ4v) is 4.73. The van der Waals surface area contributed by atoms with Crippen molar-refractivity contribution >= 4 is 17.8 Å². The molecule has 0 spiro atoms. The van der Waals surface area contributed by atoms with E-state index in [2.05, 4.69) is 5.32 Å². The van der Waals surface area contributed by atoms with Gasteiger partial charge < -0.3 is 14.6 Å². The summed E-state index contributed by atoms with van der Waals surface area (Å²) in [6.07, 6.45) is 8.22. The van der Waals surface area contributed by atoms with Crippen LogP contribution >= 0.6 is 0 Å². The zero-order valence-corrected chi connectivity index (χ0v) is 15.1. The van der Waals surface area contributed by atoms with Gasteiger partial charge in [0.2, 0.25) is 5.91 Å². The second-order valence-electron chi connectivity index (χ2n) is 7.76. The molecule has 1 aliphatic carbocycles. The highest BCUT2D eigenvalue weighted by Gasteiger charge is 2.52. The molecule has 3 atom stereocenters. The van der Waals surface area contributed by atoms with Crippen LogP contribution in [0.1, 0.15) is 51.2 Å². The van der Waals surface area contributed by atoms with Crippen LogP contribution in [0.25, 0.3) is 0 Å². The van der Waals surface area contributed by atoms with E-state index in [0.29, 0.717) is 11.7 Å². The molecule has 3 unspecified atom stereocenters. The van der Waals surface area contributed by atoms with Crippen molar-refractivity contribution in [3.63, 3.8) is 0 Å². The zero-order chi connectivity index (χ0) is 18.3. The van der Waals surface area contributed by atoms with Gasteiger partial charge in [0.05, 0.1) is 6.26 Å². The molecule has 3 heterocycles. The Morgan fingerprint density at radius 1 is 1.27 bits per heavy atom. The molecule has 1 aromatic rings. The predicted molar refractivity (Wildman–Crippen MR) is 93.0 cm³/mol. The SMILES string of the molecule is CC1(c2ccco2)NC(=O)N(CC(=O)N2CCCC3CCCCC32)C1=O. The Morgan fingerprint density at radius 3 is 2.81 bits per heavy atom. The number of carbonyl (C=O) groups excluding carboxylic acids is 3. The summed E-state index contributed by atoms with van der Waals surface area (Å²) in [5, 5.41) is 2.67. The molecule has 1 saturated carbocycles. The van der Waals surface area contributed by atoms with Crippen molar-refractivity contribution in [1.29, 1.82) is 0 Å². The second kappa shape index (κ2) is 6.45. The number of hydrogen-bond donors (Lipinski definition) is 1. The lowest BCUT2D eigenvalue weighted by atomic mass is 9.78. The largest absolute Gasteiger partial charge is 0.466 e. The third-order valence-corrected chi connectivity index (χ3v) is 6.15. The van der Waals surface area contributed by atoms with Gasteiger partial charge in [0.15, 0.2) is 5.54 Å². The van der Waals surface area contributed by atoms with E-state index in [1.807, 2.05) is 4.90 Å². The van der Waals surface area contributed by atoms with Gasteiger partial charge in [-0.1, -0.05) is 12.8 Å². The van der Waals surface area contributed by atoms with Gasteiger partial charge in [-0.2, -0.15) is 0 Å². The lowest BCUT2D eigenvalue weighted by Gasteiger charge is -2.44. The highest BCUT2D eigenvalue weighted by molar-refractivity contribution is 6.08. The molecule has 2 aliphatic heterocycles.